The number of anilines is 4. The average molecular weight is 1020 g/mol. The van der Waals surface area contributed by atoms with Crippen molar-refractivity contribution in [3.8, 4) is 22.5 Å². The summed E-state index contributed by atoms with van der Waals surface area (Å²) >= 11 is 0. The molecule has 4 aromatic carbocycles. The Labute approximate surface area is 426 Å². The molecule has 72 heavy (non-hydrogen) atoms. The van der Waals surface area contributed by atoms with E-state index < -0.39 is 26.2 Å². The van der Waals surface area contributed by atoms with Crippen LogP contribution in [0.25, 0.3) is 33.4 Å². The predicted molar refractivity (Wildman–Crippen MR) is 292 cm³/mol. The molecule has 0 saturated heterocycles. The fraction of sp³-hybridized carbons (Fsp3) is 0.421. The number of benzene rings is 5. The van der Waals surface area contributed by atoms with Crippen molar-refractivity contribution >= 4 is 71.4 Å². The minimum Gasteiger partial charge on any atom is -0.456 e. The Morgan fingerprint density at radius 2 is 1.26 bits per heavy atom. The van der Waals surface area contributed by atoms with Gasteiger partial charge in [0, 0.05) is 75.8 Å². The first-order valence-electron chi connectivity index (χ1n) is 24.7. The molecule has 2 aliphatic rings. The molecule has 0 bridgehead atoms. The summed E-state index contributed by atoms with van der Waals surface area (Å²) in [5, 5.41) is 10.2. The highest BCUT2D eigenvalue weighted by Crippen LogP contribution is 2.45. The zero-order valence-electron chi connectivity index (χ0n) is 44.4. The topological polar surface area (TPSA) is 196 Å². The Morgan fingerprint density at radius 3 is 1.86 bits per heavy atom. The van der Waals surface area contributed by atoms with Crippen LogP contribution < -0.4 is 26.0 Å². The van der Waals surface area contributed by atoms with Gasteiger partial charge in [-0.3, -0.25) is 14.1 Å². The molecule has 1 unspecified atom stereocenters. The Balaban J connectivity index is 1.65. The molecule has 1 atom stereocenters. The smallest absolute Gasteiger partial charge is 0.295 e. The zero-order valence-corrected chi connectivity index (χ0v) is 46.1. The standard InChI is InChI=1S/C57H73N5O8S2/c1-15-16-17-18-21-37(6)62-71(65,66)48-29-43-46(30-44(48)59-53-34(3)27-36(5)55(39(53)8)61-50(64)32-57(12,13)14)70-45-28-40(24-25-41(45)51(43)42-22-19-20-23-47(42)72(67,68)69)58-52-33(2)26-35(4)54(38(52)7)60-49(63)31-56(9,10)11/h19-20,22-30,37,58,62H,15-18,21,31-32H2,1-14H3,(H,60,63)(H,61,64)(H,67,68,69). The fourth-order valence-corrected chi connectivity index (χ4v) is 11.6. The molecule has 0 saturated carbocycles. The maximum Gasteiger partial charge on any atom is 0.295 e. The van der Waals surface area contributed by atoms with E-state index in [2.05, 4.69) is 27.6 Å². The van der Waals surface area contributed by atoms with Crippen molar-refractivity contribution in [2.24, 2.45) is 15.8 Å². The van der Waals surface area contributed by atoms with E-state index in [9.17, 15) is 31.0 Å². The van der Waals surface area contributed by atoms with Gasteiger partial charge in [0.15, 0.2) is 0 Å². The van der Waals surface area contributed by atoms with Crippen LogP contribution in [0, 0.1) is 52.4 Å². The van der Waals surface area contributed by atoms with E-state index in [0.29, 0.717) is 57.7 Å². The highest BCUT2D eigenvalue weighted by atomic mass is 32.2. The van der Waals surface area contributed by atoms with Gasteiger partial charge in [0.1, 0.15) is 21.1 Å². The van der Waals surface area contributed by atoms with Gasteiger partial charge in [-0.2, -0.15) is 8.42 Å². The number of hydrogen-bond donors (Lipinski definition) is 5. The van der Waals surface area contributed by atoms with Gasteiger partial charge in [-0.05, 0) is 123 Å². The maximum atomic E-state index is 14.9. The molecule has 5 N–H and O–H groups in total. The summed E-state index contributed by atoms with van der Waals surface area (Å²) in [4.78, 5) is 31.1. The van der Waals surface area contributed by atoms with Crippen LogP contribution in [0.4, 0.5) is 28.4 Å². The van der Waals surface area contributed by atoms with E-state index in [1.165, 1.54) is 18.2 Å². The Kier molecular flexibility index (Phi) is 16.7. The Hall–Kier alpha value is -5.87. The van der Waals surface area contributed by atoms with E-state index in [-0.39, 0.29) is 61.1 Å². The normalized spacial score (nSPS) is 13.2. The number of aryl methyl sites for hydroxylation is 4. The third-order valence-corrected chi connectivity index (χ3v) is 15.2. The monoisotopic (exact) mass is 1020 g/mol. The second kappa shape index (κ2) is 21.7. The van der Waals surface area contributed by atoms with Crippen molar-refractivity contribution in [3.05, 3.63) is 105 Å². The van der Waals surface area contributed by atoms with Crippen LogP contribution >= 0.6 is 0 Å². The second-order valence-electron chi connectivity index (χ2n) is 21.9. The highest BCUT2D eigenvalue weighted by molar-refractivity contribution is 7.89. The van der Waals surface area contributed by atoms with E-state index in [1.807, 2.05) is 108 Å². The summed E-state index contributed by atoms with van der Waals surface area (Å²) in [5.41, 5.74) is 8.50. The average Bonchev–Trinajstić information content (AvgIpc) is 3.25. The summed E-state index contributed by atoms with van der Waals surface area (Å²) in [6.07, 6.45) is 5.08. The molecule has 0 aromatic heterocycles. The summed E-state index contributed by atoms with van der Waals surface area (Å²) < 4.78 is 76.4. The quantitative estimate of drug-likeness (QED) is 0.0335. The van der Waals surface area contributed by atoms with Gasteiger partial charge in [0.25, 0.3) is 10.1 Å². The number of amides is 2. The van der Waals surface area contributed by atoms with Crippen molar-refractivity contribution in [1.82, 2.24) is 4.72 Å². The van der Waals surface area contributed by atoms with Crippen LogP contribution in [-0.2, 0) is 29.7 Å². The molecule has 0 fully saturated rings. The fourth-order valence-electron chi connectivity index (χ4n) is 9.44. The molecule has 2 amide bonds. The lowest BCUT2D eigenvalue weighted by atomic mass is 9.91. The molecule has 15 heteroatoms. The molecule has 1 aliphatic heterocycles. The number of carbonyl (C=O) groups is 2. The summed E-state index contributed by atoms with van der Waals surface area (Å²) in [7, 11) is -9.16. The molecule has 386 valence electrons. The highest BCUT2D eigenvalue weighted by Gasteiger charge is 2.29. The molecule has 13 nitrogen and oxygen atoms in total. The molecule has 0 radical (unpaired) electrons. The first kappa shape index (κ1) is 55.4. The van der Waals surface area contributed by atoms with Gasteiger partial charge in [0.2, 0.25) is 21.8 Å². The molecule has 4 aromatic rings. The SMILES string of the molecule is CCCCCCC(C)NS(=O)(=O)c1cc2c(-c3ccccc3S(=O)(=O)O)c3ccc(Nc4c(C)cc(C)c(NC(=O)CC(C)(C)C)c4C)cc3oc-2cc1=Nc1c(C)cc(C)c(NC(=O)CC(C)(C)C)c1C. The lowest BCUT2D eigenvalue weighted by Crippen LogP contribution is -2.35. The van der Waals surface area contributed by atoms with Crippen molar-refractivity contribution in [3.63, 3.8) is 0 Å². The molecule has 1 heterocycles. The number of nitrogens with zero attached hydrogens (tertiary/aromatic N) is 1. The minimum atomic E-state index is -4.81. The second-order valence-corrected chi connectivity index (χ2v) is 25.0. The number of fused-ring (bicyclic) bond motifs is 2. The van der Waals surface area contributed by atoms with Gasteiger partial charge < -0.3 is 20.4 Å². The van der Waals surface area contributed by atoms with E-state index in [4.69, 9.17) is 9.41 Å². The largest absolute Gasteiger partial charge is 0.456 e. The lowest BCUT2D eigenvalue weighted by Gasteiger charge is -2.22. The number of carbonyl (C=O) groups excluding carboxylic acids is 2. The van der Waals surface area contributed by atoms with Crippen molar-refractivity contribution < 1.29 is 35.4 Å². The van der Waals surface area contributed by atoms with E-state index in [0.717, 1.165) is 59.2 Å². The summed E-state index contributed by atoms with van der Waals surface area (Å²) in [6, 6.07) is 17.8. The minimum absolute atomic E-state index is 0.0496. The van der Waals surface area contributed by atoms with Crippen LogP contribution in [0.15, 0.2) is 85.9 Å². The van der Waals surface area contributed by atoms with Gasteiger partial charge >= 0.3 is 0 Å². The van der Waals surface area contributed by atoms with Crippen LogP contribution in [0.2, 0.25) is 0 Å². The summed E-state index contributed by atoms with van der Waals surface area (Å²) in [5.74, 6) is -0.0797. The van der Waals surface area contributed by atoms with Gasteiger partial charge in [0.05, 0.1) is 11.0 Å². The summed E-state index contributed by atoms with van der Waals surface area (Å²) in [6.45, 7) is 27.4. The molecule has 6 rings (SSSR count). The van der Waals surface area contributed by atoms with Crippen LogP contribution in [0.5, 0.6) is 0 Å². The molecular weight excluding hydrogens is 947 g/mol. The van der Waals surface area contributed by atoms with Crippen LogP contribution in [0.1, 0.15) is 134 Å². The van der Waals surface area contributed by atoms with Crippen molar-refractivity contribution in [2.45, 2.75) is 158 Å². The number of sulfonamides is 1. The third kappa shape index (κ3) is 13.2. The Morgan fingerprint density at radius 1 is 0.681 bits per heavy atom. The van der Waals surface area contributed by atoms with E-state index >= 15 is 0 Å². The van der Waals surface area contributed by atoms with Gasteiger partial charge in [-0.1, -0.05) is 104 Å². The number of nitrogens with one attached hydrogen (secondary N) is 4. The van der Waals surface area contributed by atoms with E-state index in [1.54, 1.807) is 30.3 Å². The predicted octanol–water partition coefficient (Wildman–Crippen LogP) is 13.7. The zero-order chi connectivity index (χ0) is 53.2. The van der Waals surface area contributed by atoms with Crippen molar-refractivity contribution in [2.75, 3.05) is 16.0 Å². The first-order chi connectivity index (χ1) is 33.5. The molecule has 1 aliphatic carbocycles. The molecular formula is C57H73N5O8S2. The molecule has 0 spiro atoms. The number of hydrogen-bond acceptors (Lipinski definition) is 9. The lowest BCUT2D eigenvalue weighted by molar-refractivity contribution is -0.118. The first-order valence-corrected chi connectivity index (χ1v) is 27.7. The van der Waals surface area contributed by atoms with Crippen molar-refractivity contribution in [1.29, 1.82) is 0 Å². The van der Waals surface area contributed by atoms with Gasteiger partial charge in [-0.25, -0.2) is 18.1 Å². The van der Waals surface area contributed by atoms with Gasteiger partial charge in [-0.15, -0.1) is 0 Å². The number of unbranched alkanes of at least 4 members (excludes halogenated alkanes) is 3. The number of rotatable bonds is 17. The Bertz CT molecular complexity index is 3330. The third-order valence-electron chi connectivity index (χ3n) is 12.7. The van der Waals surface area contributed by atoms with Crippen LogP contribution in [0.3, 0.4) is 0 Å². The maximum absolute atomic E-state index is 14.9. The van der Waals surface area contributed by atoms with Crippen LogP contribution in [-0.4, -0.2) is 39.2 Å².